The highest BCUT2D eigenvalue weighted by atomic mass is 32.1. The number of aryl methyl sites for hydroxylation is 2. The van der Waals surface area contributed by atoms with E-state index in [9.17, 15) is 4.79 Å². The van der Waals surface area contributed by atoms with E-state index >= 15 is 0 Å². The minimum Gasteiger partial charge on any atom is -0.348 e. The normalized spacial score (nSPS) is 23.0. The van der Waals surface area contributed by atoms with Crippen molar-refractivity contribution in [2.45, 2.75) is 57.2 Å². The van der Waals surface area contributed by atoms with Crippen LogP contribution in [0, 0.1) is 0 Å². The Morgan fingerprint density at radius 2 is 2.04 bits per heavy atom. The minimum atomic E-state index is -0.0928. The number of nitrogens with zero attached hydrogens (tertiary/aromatic N) is 1. The summed E-state index contributed by atoms with van der Waals surface area (Å²) in [7, 11) is 0. The van der Waals surface area contributed by atoms with E-state index in [2.05, 4.69) is 34.9 Å². The number of thiazole rings is 1. The van der Waals surface area contributed by atoms with Gasteiger partial charge in [-0.15, -0.1) is 11.3 Å². The van der Waals surface area contributed by atoms with Crippen molar-refractivity contribution in [2.24, 2.45) is 0 Å². The molecule has 1 amide bonds. The summed E-state index contributed by atoms with van der Waals surface area (Å²) >= 11 is 1.77. The van der Waals surface area contributed by atoms with Gasteiger partial charge in [-0.05, 0) is 44.1 Å². The molecule has 2 heterocycles. The molecule has 0 bridgehead atoms. The average molecular weight is 341 g/mol. The zero-order valence-electron chi connectivity index (χ0n) is 13.8. The lowest BCUT2D eigenvalue weighted by Gasteiger charge is -2.14. The molecule has 4 rings (SSSR count). The second kappa shape index (κ2) is 7.03. The topological polar surface area (TPSA) is 54.0 Å². The number of carbonyl (C=O) groups excluding carboxylic acids is 1. The Morgan fingerprint density at radius 1 is 1.21 bits per heavy atom. The van der Waals surface area contributed by atoms with E-state index in [1.165, 1.54) is 29.0 Å². The molecule has 0 radical (unpaired) electrons. The lowest BCUT2D eigenvalue weighted by atomic mass is 10.0. The van der Waals surface area contributed by atoms with Crippen LogP contribution < -0.4 is 10.6 Å². The second-order valence-corrected chi connectivity index (χ2v) is 7.83. The van der Waals surface area contributed by atoms with Crippen LogP contribution in [0.2, 0.25) is 0 Å². The molecule has 1 aromatic heterocycles. The molecule has 4 nitrogen and oxygen atoms in total. The Labute approximate surface area is 146 Å². The number of hydrogen-bond donors (Lipinski definition) is 2. The van der Waals surface area contributed by atoms with Crippen LogP contribution in [0.25, 0.3) is 0 Å². The highest BCUT2D eigenvalue weighted by molar-refractivity contribution is 7.11. The maximum absolute atomic E-state index is 12.4. The van der Waals surface area contributed by atoms with Gasteiger partial charge in [0.25, 0.3) is 0 Å². The molecule has 5 heteroatoms. The molecule has 24 heavy (non-hydrogen) atoms. The molecule has 0 saturated carbocycles. The fourth-order valence-electron chi connectivity index (χ4n) is 3.66. The molecule has 1 aliphatic heterocycles. The summed E-state index contributed by atoms with van der Waals surface area (Å²) in [5.41, 5.74) is 2.53. The molecule has 2 N–H and O–H groups in total. The number of fused-ring (bicyclic) bond motifs is 1. The first-order valence-electron chi connectivity index (χ1n) is 8.86. The maximum Gasteiger partial charge on any atom is 0.237 e. The van der Waals surface area contributed by atoms with Gasteiger partial charge >= 0.3 is 0 Å². The molecule has 2 aliphatic rings. The summed E-state index contributed by atoms with van der Waals surface area (Å²) in [5, 5.41) is 7.58. The van der Waals surface area contributed by atoms with Crippen molar-refractivity contribution < 1.29 is 4.79 Å². The fourth-order valence-corrected chi connectivity index (χ4v) is 4.76. The SMILES string of the molecule is O=C(NCc1nc2c(s1)CCCC2)[C@H]1CC[C@H](c2ccccc2)N1. The van der Waals surface area contributed by atoms with E-state index in [1.807, 2.05) is 6.07 Å². The standard InChI is InChI=1S/C19H23N3OS/c23-19(16-11-10-14(21-16)13-6-2-1-3-7-13)20-12-18-22-15-8-4-5-9-17(15)24-18/h1-3,6-7,14,16,21H,4-5,8-12H2,(H,20,23)/t14-,16-/m1/s1. The van der Waals surface area contributed by atoms with Gasteiger partial charge in [0.2, 0.25) is 5.91 Å². The first-order valence-corrected chi connectivity index (χ1v) is 9.67. The molecule has 1 fully saturated rings. The summed E-state index contributed by atoms with van der Waals surface area (Å²) in [6, 6.07) is 10.6. The van der Waals surface area contributed by atoms with E-state index in [4.69, 9.17) is 4.98 Å². The summed E-state index contributed by atoms with van der Waals surface area (Å²) < 4.78 is 0. The van der Waals surface area contributed by atoms with E-state index in [-0.39, 0.29) is 18.0 Å². The summed E-state index contributed by atoms with van der Waals surface area (Å²) in [6.45, 7) is 0.560. The third-order valence-corrected chi connectivity index (χ3v) is 6.13. The molecule has 2 atom stereocenters. The van der Waals surface area contributed by atoms with Crippen LogP contribution in [-0.4, -0.2) is 16.9 Å². The van der Waals surface area contributed by atoms with Gasteiger partial charge in [-0.1, -0.05) is 30.3 Å². The highest BCUT2D eigenvalue weighted by Crippen LogP contribution is 2.28. The van der Waals surface area contributed by atoms with Gasteiger partial charge in [-0.25, -0.2) is 4.98 Å². The van der Waals surface area contributed by atoms with Crippen LogP contribution in [0.3, 0.4) is 0 Å². The Morgan fingerprint density at radius 3 is 2.88 bits per heavy atom. The average Bonchev–Trinajstić information content (AvgIpc) is 3.27. The van der Waals surface area contributed by atoms with Crippen molar-refractivity contribution in [1.29, 1.82) is 0 Å². The Balaban J connectivity index is 1.31. The number of aromatic nitrogens is 1. The van der Waals surface area contributed by atoms with Gasteiger partial charge in [-0.3, -0.25) is 10.1 Å². The predicted molar refractivity (Wildman–Crippen MR) is 95.9 cm³/mol. The Hall–Kier alpha value is -1.72. The predicted octanol–water partition coefficient (Wildman–Crippen LogP) is 3.13. The minimum absolute atomic E-state index is 0.0928. The zero-order valence-corrected chi connectivity index (χ0v) is 14.6. The van der Waals surface area contributed by atoms with Gasteiger partial charge in [0.05, 0.1) is 18.3 Å². The molecular weight excluding hydrogens is 318 g/mol. The van der Waals surface area contributed by atoms with Crippen molar-refractivity contribution in [3.8, 4) is 0 Å². The monoisotopic (exact) mass is 341 g/mol. The molecular formula is C19H23N3OS. The Kier molecular flexibility index (Phi) is 4.63. The van der Waals surface area contributed by atoms with Crippen molar-refractivity contribution in [3.05, 3.63) is 51.5 Å². The first kappa shape index (κ1) is 15.8. The quantitative estimate of drug-likeness (QED) is 0.898. The maximum atomic E-state index is 12.4. The molecule has 1 aliphatic carbocycles. The largest absolute Gasteiger partial charge is 0.348 e. The molecule has 0 unspecified atom stereocenters. The number of rotatable bonds is 4. The fraction of sp³-hybridized carbons (Fsp3) is 0.474. The van der Waals surface area contributed by atoms with Gasteiger partial charge in [0.15, 0.2) is 0 Å². The van der Waals surface area contributed by atoms with Crippen LogP contribution in [0.1, 0.15) is 52.9 Å². The van der Waals surface area contributed by atoms with Crippen molar-refractivity contribution in [3.63, 3.8) is 0 Å². The first-order chi connectivity index (χ1) is 11.8. The Bertz CT molecular complexity index is 689. The molecule has 126 valence electrons. The van der Waals surface area contributed by atoms with Gasteiger partial charge in [-0.2, -0.15) is 0 Å². The van der Waals surface area contributed by atoms with Crippen molar-refractivity contribution in [2.75, 3.05) is 0 Å². The van der Waals surface area contributed by atoms with E-state index < -0.39 is 0 Å². The number of carbonyl (C=O) groups is 1. The van der Waals surface area contributed by atoms with Crippen LogP contribution >= 0.6 is 11.3 Å². The van der Waals surface area contributed by atoms with E-state index in [0.717, 1.165) is 30.7 Å². The molecule has 1 aromatic carbocycles. The zero-order chi connectivity index (χ0) is 16.4. The smallest absolute Gasteiger partial charge is 0.237 e. The van der Waals surface area contributed by atoms with Gasteiger partial charge in [0, 0.05) is 10.9 Å². The number of benzene rings is 1. The second-order valence-electron chi connectivity index (χ2n) is 6.66. The van der Waals surface area contributed by atoms with Crippen LogP contribution in [0.15, 0.2) is 30.3 Å². The third-order valence-electron chi connectivity index (χ3n) is 4.97. The van der Waals surface area contributed by atoms with E-state index in [0.29, 0.717) is 6.54 Å². The number of nitrogens with one attached hydrogen (secondary N) is 2. The third kappa shape index (κ3) is 3.37. The van der Waals surface area contributed by atoms with Crippen molar-refractivity contribution in [1.82, 2.24) is 15.6 Å². The van der Waals surface area contributed by atoms with Gasteiger partial charge in [0.1, 0.15) is 5.01 Å². The highest BCUT2D eigenvalue weighted by Gasteiger charge is 2.29. The molecule has 1 saturated heterocycles. The van der Waals surface area contributed by atoms with Crippen LogP contribution in [-0.2, 0) is 24.2 Å². The summed E-state index contributed by atoms with van der Waals surface area (Å²) in [5.74, 6) is 0.0987. The molecule has 2 aromatic rings. The number of hydrogen-bond acceptors (Lipinski definition) is 4. The van der Waals surface area contributed by atoms with Gasteiger partial charge < -0.3 is 5.32 Å². The molecule has 0 spiro atoms. The lowest BCUT2D eigenvalue weighted by Crippen LogP contribution is -2.40. The number of amides is 1. The van der Waals surface area contributed by atoms with E-state index in [1.54, 1.807) is 11.3 Å². The summed E-state index contributed by atoms with van der Waals surface area (Å²) in [6.07, 6.45) is 6.67. The lowest BCUT2D eigenvalue weighted by molar-refractivity contribution is -0.123. The van der Waals surface area contributed by atoms with Crippen molar-refractivity contribution >= 4 is 17.2 Å². The van der Waals surface area contributed by atoms with Crippen LogP contribution in [0.5, 0.6) is 0 Å². The van der Waals surface area contributed by atoms with Crippen LogP contribution in [0.4, 0.5) is 0 Å². The summed E-state index contributed by atoms with van der Waals surface area (Å²) in [4.78, 5) is 18.6.